The van der Waals surface area contributed by atoms with Crippen LogP contribution in [0.3, 0.4) is 0 Å². The first-order valence-electron chi connectivity index (χ1n) is 11.1. The van der Waals surface area contributed by atoms with Crippen LogP contribution in [-0.4, -0.2) is 70.9 Å². The van der Waals surface area contributed by atoms with E-state index in [9.17, 15) is 15.3 Å². The van der Waals surface area contributed by atoms with Gasteiger partial charge in [0.15, 0.2) is 22.1 Å². The Balaban J connectivity index is 1.46. The Morgan fingerprint density at radius 1 is 1.12 bits per heavy atom. The fraction of sp³-hybridized carbons (Fsp3) is 0.545. The molecule has 10 heteroatoms. The molecule has 9 nitrogen and oxygen atoms in total. The van der Waals surface area contributed by atoms with Crippen molar-refractivity contribution in [2.24, 2.45) is 5.92 Å². The summed E-state index contributed by atoms with van der Waals surface area (Å²) < 4.78 is 1.59. The summed E-state index contributed by atoms with van der Waals surface area (Å²) in [4.78, 5) is 9.41. The highest BCUT2D eigenvalue weighted by atomic mass is 32.2. The molecule has 3 aromatic rings. The van der Waals surface area contributed by atoms with Gasteiger partial charge in [-0.15, -0.1) is 5.10 Å². The molecule has 0 spiro atoms. The maximum Gasteiger partial charge on any atom is 0.191 e. The normalized spacial score (nSPS) is 29.5. The molecule has 2 aliphatic rings. The largest absolute Gasteiger partial charge is 0.396 e. The van der Waals surface area contributed by atoms with Crippen molar-refractivity contribution >= 4 is 28.7 Å². The van der Waals surface area contributed by atoms with Gasteiger partial charge >= 0.3 is 0 Å². The molecule has 2 fully saturated rings. The zero-order chi connectivity index (χ0) is 22.2. The van der Waals surface area contributed by atoms with Gasteiger partial charge in [-0.05, 0) is 24.8 Å². The molecule has 0 radical (unpaired) electrons. The molecule has 2 aromatic heterocycles. The topological polar surface area (TPSA) is 129 Å². The van der Waals surface area contributed by atoms with Gasteiger partial charge in [0.2, 0.25) is 0 Å². The quantitative estimate of drug-likeness (QED) is 0.297. The minimum absolute atomic E-state index is 0.191. The van der Waals surface area contributed by atoms with Gasteiger partial charge in [0.25, 0.3) is 0 Å². The molecule has 0 amide bonds. The second kappa shape index (κ2) is 8.93. The number of fused-ring (bicyclic) bond motifs is 1. The second-order valence-corrected chi connectivity index (χ2v) is 9.70. The van der Waals surface area contributed by atoms with Gasteiger partial charge in [-0.1, -0.05) is 54.2 Å². The Hall–Kier alpha value is -2.27. The number of anilines is 1. The van der Waals surface area contributed by atoms with Crippen LogP contribution in [0.25, 0.3) is 11.2 Å². The summed E-state index contributed by atoms with van der Waals surface area (Å²) in [6.07, 6.45) is 0.376. The van der Waals surface area contributed by atoms with Crippen molar-refractivity contribution < 1.29 is 15.3 Å². The minimum Gasteiger partial charge on any atom is -0.396 e. The van der Waals surface area contributed by atoms with Gasteiger partial charge in [-0.25, -0.2) is 14.6 Å². The van der Waals surface area contributed by atoms with E-state index in [-0.39, 0.29) is 12.6 Å². The molecule has 4 N–H and O–H groups in total. The van der Waals surface area contributed by atoms with Crippen LogP contribution in [-0.2, 0) is 0 Å². The van der Waals surface area contributed by atoms with Gasteiger partial charge < -0.3 is 20.6 Å². The smallest absolute Gasteiger partial charge is 0.191 e. The molecular weight excluding hydrogens is 428 g/mol. The fourth-order valence-electron chi connectivity index (χ4n) is 4.51. The fourth-order valence-corrected chi connectivity index (χ4v) is 5.21. The van der Waals surface area contributed by atoms with E-state index in [1.54, 1.807) is 16.4 Å². The molecule has 6 unspecified atom stereocenters. The van der Waals surface area contributed by atoms with E-state index in [4.69, 9.17) is 4.98 Å². The van der Waals surface area contributed by atoms with Crippen molar-refractivity contribution in [3.63, 3.8) is 0 Å². The van der Waals surface area contributed by atoms with Crippen LogP contribution < -0.4 is 5.32 Å². The molecule has 0 bridgehead atoms. The molecule has 0 aliphatic heterocycles. The first-order chi connectivity index (χ1) is 15.6. The molecule has 32 heavy (non-hydrogen) atoms. The van der Waals surface area contributed by atoms with Crippen LogP contribution in [0, 0.1) is 5.92 Å². The van der Waals surface area contributed by atoms with E-state index in [1.165, 1.54) is 5.56 Å². The number of benzene rings is 1. The lowest BCUT2D eigenvalue weighted by Crippen LogP contribution is -2.30. The van der Waals surface area contributed by atoms with E-state index < -0.39 is 24.2 Å². The predicted octanol–water partition coefficient (Wildman–Crippen LogP) is 1.97. The summed E-state index contributed by atoms with van der Waals surface area (Å²) in [5, 5.41) is 43.2. The Morgan fingerprint density at radius 3 is 2.66 bits per heavy atom. The standard InChI is InChI=1S/C22H28N6O3S/c1-2-8-32-22-24-20(23-15-10-14(15)12-6-4-3-5-7-12)17-21(25-22)28(27-26-17)16-9-13(11-29)18(30)19(16)31/h3-7,13-16,18-19,29-31H,2,8-11H2,1H3,(H,23,24,25). The zero-order valence-electron chi connectivity index (χ0n) is 17.9. The number of hydrogen-bond acceptors (Lipinski definition) is 9. The van der Waals surface area contributed by atoms with Gasteiger partial charge in [0.05, 0.1) is 12.1 Å². The number of aromatic nitrogens is 5. The van der Waals surface area contributed by atoms with Crippen LogP contribution in [0.4, 0.5) is 5.82 Å². The third-order valence-corrected chi connectivity index (χ3v) is 7.45. The highest BCUT2D eigenvalue weighted by Crippen LogP contribution is 2.43. The van der Waals surface area contributed by atoms with Gasteiger partial charge in [0, 0.05) is 30.2 Å². The minimum atomic E-state index is -1.04. The van der Waals surface area contributed by atoms with E-state index in [2.05, 4.69) is 51.8 Å². The number of nitrogens with zero attached hydrogens (tertiary/aromatic N) is 5. The molecule has 2 aliphatic carbocycles. The molecule has 0 saturated heterocycles. The maximum atomic E-state index is 10.6. The van der Waals surface area contributed by atoms with Crippen LogP contribution in [0.1, 0.15) is 43.7 Å². The van der Waals surface area contributed by atoms with E-state index in [1.807, 2.05) is 6.07 Å². The Kier molecular flexibility index (Phi) is 6.02. The van der Waals surface area contributed by atoms with Gasteiger partial charge in [-0.3, -0.25) is 0 Å². The first kappa shape index (κ1) is 21.6. The van der Waals surface area contributed by atoms with Crippen LogP contribution in [0.2, 0.25) is 0 Å². The average molecular weight is 457 g/mol. The van der Waals surface area contributed by atoms with Crippen molar-refractivity contribution in [1.82, 2.24) is 25.0 Å². The van der Waals surface area contributed by atoms with Crippen LogP contribution >= 0.6 is 11.8 Å². The maximum absolute atomic E-state index is 10.6. The molecule has 6 atom stereocenters. The third-order valence-electron chi connectivity index (χ3n) is 6.40. The SMILES string of the molecule is CCCSc1nc(NC2CC2c2ccccc2)c2nnn(C3CC(CO)C(O)C3O)c2n1. The highest BCUT2D eigenvalue weighted by Gasteiger charge is 2.44. The number of aliphatic hydroxyl groups is 3. The lowest BCUT2D eigenvalue weighted by Gasteiger charge is -2.17. The monoisotopic (exact) mass is 456 g/mol. The Bertz CT molecular complexity index is 1080. The molecule has 1 aromatic carbocycles. The van der Waals surface area contributed by atoms with Crippen molar-refractivity contribution in [2.75, 3.05) is 17.7 Å². The lowest BCUT2D eigenvalue weighted by molar-refractivity contribution is -0.00512. The second-order valence-electron chi connectivity index (χ2n) is 8.64. The lowest BCUT2D eigenvalue weighted by atomic mass is 10.1. The number of aliphatic hydroxyl groups excluding tert-OH is 3. The summed E-state index contributed by atoms with van der Waals surface area (Å²) in [7, 11) is 0. The summed E-state index contributed by atoms with van der Waals surface area (Å²) >= 11 is 1.57. The number of nitrogens with one attached hydrogen (secondary N) is 1. The predicted molar refractivity (Wildman–Crippen MR) is 122 cm³/mol. The van der Waals surface area contributed by atoms with Gasteiger partial charge in [-0.2, -0.15) is 0 Å². The van der Waals surface area contributed by atoms with Gasteiger partial charge in [0.1, 0.15) is 6.10 Å². The summed E-state index contributed by atoms with van der Waals surface area (Å²) in [5.74, 6) is 1.57. The Labute approximate surface area is 190 Å². The van der Waals surface area contributed by atoms with E-state index in [0.29, 0.717) is 34.5 Å². The molecule has 2 saturated carbocycles. The van der Waals surface area contributed by atoms with Crippen molar-refractivity contribution in [3.05, 3.63) is 35.9 Å². The van der Waals surface area contributed by atoms with Crippen LogP contribution in [0.15, 0.2) is 35.5 Å². The van der Waals surface area contributed by atoms with Crippen LogP contribution in [0.5, 0.6) is 0 Å². The van der Waals surface area contributed by atoms with Crippen molar-refractivity contribution in [2.45, 2.75) is 61.6 Å². The zero-order valence-corrected chi connectivity index (χ0v) is 18.7. The van der Waals surface area contributed by atoms with E-state index in [0.717, 1.165) is 18.6 Å². The molecule has 2 heterocycles. The third kappa shape index (κ3) is 3.96. The molecule has 5 rings (SSSR count). The first-order valence-corrected chi connectivity index (χ1v) is 12.1. The Morgan fingerprint density at radius 2 is 1.94 bits per heavy atom. The highest BCUT2D eigenvalue weighted by molar-refractivity contribution is 7.99. The summed E-state index contributed by atoms with van der Waals surface area (Å²) in [5.41, 5.74) is 2.39. The summed E-state index contributed by atoms with van der Waals surface area (Å²) in [6.45, 7) is 1.92. The van der Waals surface area contributed by atoms with Crippen molar-refractivity contribution in [1.29, 1.82) is 0 Å². The number of rotatable bonds is 8. The van der Waals surface area contributed by atoms with Crippen molar-refractivity contribution in [3.8, 4) is 0 Å². The molecular formula is C22H28N6O3S. The number of thioether (sulfide) groups is 1. The summed E-state index contributed by atoms with van der Waals surface area (Å²) in [6, 6.07) is 10.2. The molecule has 170 valence electrons. The average Bonchev–Trinajstić information content (AvgIpc) is 3.36. The van der Waals surface area contributed by atoms with E-state index >= 15 is 0 Å². The number of hydrogen-bond donors (Lipinski definition) is 4.